The van der Waals surface area contributed by atoms with E-state index in [9.17, 15) is 18.0 Å². The van der Waals surface area contributed by atoms with E-state index in [4.69, 9.17) is 21.3 Å². The number of carbonyl (C=O) groups excluding carboxylic acids is 2. The molecule has 1 unspecified atom stereocenters. The van der Waals surface area contributed by atoms with Gasteiger partial charge in [0.15, 0.2) is 0 Å². The van der Waals surface area contributed by atoms with Crippen molar-refractivity contribution in [1.82, 2.24) is 14.2 Å². The maximum absolute atomic E-state index is 13.7. The number of aromatic nitrogens is 1. The van der Waals surface area contributed by atoms with E-state index in [2.05, 4.69) is 5.32 Å². The lowest BCUT2D eigenvalue weighted by Gasteiger charge is -2.30. The first-order valence-corrected chi connectivity index (χ1v) is 17.5. The fraction of sp³-hybridized carbons (Fsp3) is 0.370. The Hall–Kier alpha value is -2.55. The molecule has 41 heavy (non-hydrogen) atoms. The van der Waals surface area contributed by atoms with E-state index in [1.807, 2.05) is 24.3 Å². The molecule has 5 heterocycles. The van der Waals surface area contributed by atoms with Crippen LogP contribution in [-0.2, 0) is 32.5 Å². The quantitative estimate of drug-likeness (QED) is 0.263. The largest absolute Gasteiger partial charge is 0.450 e. The summed E-state index contributed by atoms with van der Waals surface area (Å²) in [6.45, 7) is 3.45. The third-order valence-electron chi connectivity index (χ3n) is 7.22. The summed E-state index contributed by atoms with van der Waals surface area (Å²) < 4.78 is 34.7. The number of rotatable bonds is 6. The zero-order valence-electron chi connectivity index (χ0n) is 22.1. The normalized spacial score (nSPS) is 17.9. The minimum Gasteiger partial charge on any atom is -0.450 e. The van der Waals surface area contributed by atoms with Crippen molar-refractivity contribution in [2.75, 3.05) is 31.6 Å². The zero-order chi connectivity index (χ0) is 28.7. The lowest BCUT2D eigenvalue weighted by Crippen LogP contribution is -2.43. The highest BCUT2D eigenvalue weighted by atomic mass is 35.5. The van der Waals surface area contributed by atoms with Crippen LogP contribution in [0.3, 0.4) is 0 Å². The Balaban J connectivity index is 1.29. The number of piperidine rings is 1. The van der Waals surface area contributed by atoms with Crippen LogP contribution < -0.4 is 5.32 Å². The van der Waals surface area contributed by atoms with Gasteiger partial charge in [-0.3, -0.25) is 4.79 Å². The van der Waals surface area contributed by atoms with Gasteiger partial charge in [-0.2, -0.15) is 4.31 Å². The summed E-state index contributed by atoms with van der Waals surface area (Å²) in [6.07, 6.45) is 1.43. The van der Waals surface area contributed by atoms with E-state index in [0.29, 0.717) is 54.8 Å². The molecule has 2 amide bonds. The van der Waals surface area contributed by atoms with Crippen molar-refractivity contribution in [3.8, 4) is 10.6 Å². The number of amides is 2. The second-order valence-corrected chi connectivity index (χ2v) is 15.8. The van der Waals surface area contributed by atoms with Crippen LogP contribution in [0.15, 0.2) is 40.6 Å². The molecule has 4 aromatic rings. The Morgan fingerprint density at radius 1 is 1.15 bits per heavy atom. The fourth-order valence-corrected chi connectivity index (χ4v) is 10.8. The van der Waals surface area contributed by atoms with Crippen LogP contribution in [0.2, 0.25) is 4.34 Å². The zero-order valence-corrected chi connectivity index (χ0v) is 26.1. The highest BCUT2D eigenvalue weighted by molar-refractivity contribution is 7.91. The molecule has 1 saturated heterocycles. The molecular weight excluding hydrogens is 624 g/mol. The summed E-state index contributed by atoms with van der Waals surface area (Å²) in [7, 11) is -3.74. The third-order valence-corrected chi connectivity index (χ3v) is 13.0. The van der Waals surface area contributed by atoms with E-state index in [0.717, 1.165) is 42.6 Å². The van der Waals surface area contributed by atoms with Crippen molar-refractivity contribution < 1.29 is 22.7 Å². The molecule has 0 saturated carbocycles. The van der Waals surface area contributed by atoms with Crippen LogP contribution in [0, 0.1) is 5.92 Å². The Morgan fingerprint density at radius 3 is 2.73 bits per heavy atom. The lowest BCUT2D eigenvalue weighted by molar-refractivity contribution is -0.120. The summed E-state index contributed by atoms with van der Waals surface area (Å²) in [5, 5.41) is 4.62. The van der Waals surface area contributed by atoms with Crippen LogP contribution >= 0.6 is 45.6 Å². The minimum absolute atomic E-state index is 0.0991. The highest BCUT2D eigenvalue weighted by Crippen LogP contribution is 2.46. The van der Waals surface area contributed by atoms with Gasteiger partial charge in [0.1, 0.15) is 14.2 Å². The number of thiophene rings is 2. The van der Waals surface area contributed by atoms with Gasteiger partial charge in [0.05, 0.1) is 33.6 Å². The molecule has 1 atom stereocenters. The number of ether oxygens (including phenoxy) is 1. The number of benzene rings is 1. The van der Waals surface area contributed by atoms with Crippen molar-refractivity contribution in [3.63, 3.8) is 0 Å². The van der Waals surface area contributed by atoms with Crippen LogP contribution in [0.25, 0.3) is 20.8 Å². The van der Waals surface area contributed by atoms with Crippen LogP contribution in [-0.4, -0.2) is 60.8 Å². The van der Waals surface area contributed by atoms with Crippen LogP contribution in [0.5, 0.6) is 0 Å². The Bertz CT molecular complexity index is 1700. The molecule has 1 fully saturated rings. The number of thiazole rings is 1. The van der Waals surface area contributed by atoms with Crippen molar-refractivity contribution >= 4 is 82.9 Å². The van der Waals surface area contributed by atoms with Gasteiger partial charge in [-0.1, -0.05) is 23.7 Å². The predicted molar refractivity (Wildman–Crippen MR) is 164 cm³/mol. The van der Waals surface area contributed by atoms with Gasteiger partial charge in [0.25, 0.3) is 10.0 Å². The van der Waals surface area contributed by atoms with Gasteiger partial charge >= 0.3 is 6.09 Å². The average Bonchev–Trinajstić information content (AvgIpc) is 3.69. The number of para-hydroxylation sites is 1. The van der Waals surface area contributed by atoms with Gasteiger partial charge in [-0.25, -0.2) is 18.2 Å². The molecule has 1 aromatic carbocycles. The van der Waals surface area contributed by atoms with Crippen molar-refractivity contribution in [1.29, 1.82) is 0 Å². The van der Waals surface area contributed by atoms with Gasteiger partial charge in [-0.05, 0) is 56.0 Å². The summed E-state index contributed by atoms with van der Waals surface area (Å²) in [5.74, 6) is -0.732. The first-order chi connectivity index (χ1) is 19.7. The van der Waals surface area contributed by atoms with Gasteiger partial charge in [0.2, 0.25) is 5.91 Å². The molecule has 3 aromatic heterocycles. The van der Waals surface area contributed by atoms with E-state index in [-0.39, 0.29) is 22.8 Å². The van der Waals surface area contributed by atoms with E-state index in [1.54, 1.807) is 29.2 Å². The van der Waals surface area contributed by atoms with Gasteiger partial charge < -0.3 is 15.0 Å². The molecule has 14 heteroatoms. The molecule has 0 spiro atoms. The summed E-state index contributed by atoms with van der Waals surface area (Å²) in [5.41, 5.74) is 2.85. The first-order valence-electron chi connectivity index (χ1n) is 13.2. The number of anilines is 1. The van der Waals surface area contributed by atoms with E-state index >= 15 is 0 Å². The smallest absolute Gasteiger partial charge is 0.410 e. The molecule has 216 valence electrons. The molecule has 2 aliphatic heterocycles. The molecule has 9 nitrogen and oxygen atoms in total. The Labute approximate surface area is 254 Å². The fourth-order valence-electron chi connectivity index (χ4n) is 5.22. The molecule has 6 rings (SSSR count). The average molecular weight is 651 g/mol. The molecular formula is C27H27ClN4O5S4. The molecule has 1 N–H and O–H groups in total. The van der Waals surface area contributed by atoms with Crippen LogP contribution in [0.1, 0.15) is 30.2 Å². The summed E-state index contributed by atoms with van der Waals surface area (Å²) in [6, 6.07) is 11.0. The molecule has 0 aliphatic carbocycles. The third kappa shape index (κ3) is 5.63. The number of fused-ring (bicyclic) bond motifs is 2. The SMILES string of the molecule is CCOC(=O)N1CCc2c(sc(NC(=O)C3CCCN(S(=O)(=O)c4ccc(Cl)s4)C3)c2-c2nc3ccccc3s2)C1. The van der Waals surface area contributed by atoms with E-state index in [1.165, 1.54) is 21.7 Å². The molecule has 2 aliphatic rings. The number of hydrogen-bond acceptors (Lipinski definition) is 9. The second-order valence-electron chi connectivity index (χ2n) is 9.82. The molecule has 0 bridgehead atoms. The first kappa shape index (κ1) is 28.6. The number of nitrogens with one attached hydrogen (secondary N) is 1. The molecule has 0 radical (unpaired) electrons. The Kier molecular flexibility index (Phi) is 8.09. The summed E-state index contributed by atoms with van der Waals surface area (Å²) in [4.78, 5) is 33.7. The number of nitrogens with zero attached hydrogens (tertiary/aromatic N) is 3. The predicted octanol–water partition coefficient (Wildman–Crippen LogP) is 6.29. The Morgan fingerprint density at radius 2 is 1.98 bits per heavy atom. The maximum Gasteiger partial charge on any atom is 0.410 e. The number of halogens is 1. The monoisotopic (exact) mass is 650 g/mol. The highest BCUT2D eigenvalue weighted by Gasteiger charge is 2.36. The van der Waals surface area contributed by atoms with Crippen molar-refractivity contribution in [2.45, 2.75) is 36.9 Å². The number of sulfonamides is 1. The number of carbonyl (C=O) groups is 2. The van der Waals surface area contributed by atoms with E-state index < -0.39 is 15.9 Å². The maximum atomic E-state index is 13.7. The van der Waals surface area contributed by atoms with Gasteiger partial charge in [-0.15, -0.1) is 34.0 Å². The second kappa shape index (κ2) is 11.6. The lowest BCUT2D eigenvalue weighted by atomic mass is 9.98. The van der Waals surface area contributed by atoms with Crippen molar-refractivity contribution in [3.05, 3.63) is 51.2 Å². The number of hydrogen-bond donors (Lipinski definition) is 1. The van der Waals surface area contributed by atoms with Crippen molar-refractivity contribution in [2.24, 2.45) is 5.92 Å². The summed E-state index contributed by atoms with van der Waals surface area (Å²) >= 11 is 10.0. The van der Waals surface area contributed by atoms with Gasteiger partial charge in [0, 0.05) is 30.1 Å². The standard InChI is InChI=1S/C27H27ClN4O5S4/c1-2-37-27(34)31-13-11-17-20(15-31)39-26(23(17)25-29-18-7-3-4-8-19(18)38-25)30-24(33)16-6-5-12-32(14-16)41(35,36)22-10-9-21(28)40-22/h3-4,7-10,16H,2,5-6,11-15H2,1H3,(H,30,33). The topological polar surface area (TPSA) is 109 Å². The minimum atomic E-state index is -3.74. The van der Waals surface area contributed by atoms with Crippen LogP contribution in [0.4, 0.5) is 9.80 Å².